The second kappa shape index (κ2) is 5.96. The Morgan fingerprint density at radius 2 is 1.79 bits per heavy atom. The number of aryl methyl sites for hydroxylation is 1. The average molecular weight is 253 g/mol. The monoisotopic (exact) mass is 253 g/mol. The maximum atomic E-state index is 11.6. The Bertz CT molecular complexity index is 618. The molecular weight excluding hydrogens is 238 g/mol. The van der Waals surface area contributed by atoms with E-state index < -0.39 is 0 Å². The van der Waals surface area contributed by atoms with E-state index in [0.717, 1.165) is 11.1 Å². The standard InChI is InChI=1S/C16H15NO2/c1-12-7-3-4-8-13(12)11-17-15-10-6-5-9-14(15)16(18)19-2/h3-11H,1-2H3. The van der Waals surface area contributed by atoms with Crippen LogP contribution in [0, 0.1) is 6.92 Å². The van der Waals surface area contributed by atoms with Crippen molar-refractivity contribution in [1.82, 2.24) is 0 Å². The molecule has 3 heteroatoms. The smallest absolute Gasteiger partial charge is 0.340 e. The molecular formula is C16H15NO2. The van der Waals surface area contributed by atoms with Gasteiger partial charge in [0, 0.05) is 6.21 Å². The van der Waals surface area contributed by atoms with Gasteiger partial charge >= 0.3 is 5.97 Å². The van der Waals surface area contributed by atoms with Crippen molar-refractivity contribution in [1.29, 1.82) is 0 Å². The summed E-state index contributed by atoms with van der Waals surface area (Å²) in [6.45, 7) is 2.02. The highest BCUT2D eigenvalue weighted by molar-refractivity contribution is 5.96. The highest BCUT2D eigenvalue weighted by Crippen LogP contribution is 2.19. The van der Waals surface area contributed by atoms with Gasteiger partial charge in [0.2, 0.25) is 0 Å². The van der Waals surface area contributed by atoms with Gasteiger partial charge in [-0.15, -0.1) is 0 Å². The third-order valence-corrected chi connectivity index (χ3v) is 2.84. The van der Waals surface area contributed by atoms with Crippen LogP contribution in [-0.2, 0) is 4.74 Å². The summed E-state index contributed by atoms with van der Waals surface area (Å²) in [6.07, 6.45) is 1.76. The molecule has 0 atom stereocenters. The van der Waals surface area contributed by atoms with E-state index in [2.05, 4.69) is 4.99 Å². The quantitative estimate of drug-likeness (QED) is 0.620. The minimum atomic E-state index is -0.377. The lowest BCUT2D eigenvalue weighted by atomic mass is 10.1. The molecule has 2 rings (SSSR count). The van der Waals surface area contributed by atoms with E-state index in [4.69, 9.17) is 4.74 Å². The summed E-state index contributed by atoms with van der Waals surface area (Å²) < 4.78 is 4.74. The van der Waals surface area contributed by atoms with Gasteiger partial charge < -0.3 is 4.74 Å². The van der Waals surface area contributed by atoms with Crippen molar-refractivity contribution >= 4 is 17.9 Å². The van der Waals surface area contributed by atoms with E-state index in [1.54, 1.807) is 24.4 Å². The molecule has 2 aromatic carbocycles. The lowest BCUT2D eigenvalue weighted by molar-refractivity contribution is 0.0602. The summed E-state index contributed by atoms with van der Waals surface area (Å²) in [5.74, 6) is -0.377. The lowest BCUT2D eigenvalue weighted by Crippen LogP contribution is -2.01. The maximum absolute atomic E-state index is 11.6. The first-order valence-electron chi connectivity index (χ1n) is 5.99. The van der Waals surface area contributed by atoms with Crippen LogP contribution >= 0.6 is 0 Å². The van der Waals surface area contributed by atoms with Crippen molar-refractivity contribution in [2.75, 3.05) is 7.11 Å². The molecule has 0 aliphatic rings. The zero-order chi connectivity index (χ0) is 13.7. The fraction of sp³-hybridized carbons (Fsp3) is 0.125. The molecule has 0 heterocycles. The minimum Gasteiger partial charge on any atom is -0.465 e. The first-order chi connectivity index (χ1) is 9.22. The molecule has 2 aromatic rings. The van der Waals surface area contributed by atoms with E-state index in [1.807, 2.05) is 37.3 Å². The van der Waals surface area contributed by atoms with Gasteiger partial charge in [0.1, 0.15) is 0 Å². The lowest BCUT2D eigenvalue weighted by Gasteiger charge is -2.03. The van der Waals surface area contributed by atoms with Gasteiger partial charge in [-0.1, -0.05) is 36.4 Å². The number of para-hydroxylation sites is 1. The molecule has 0 radical (unpaired) electrons. The largest absolute Gasteiger partial charge is 0.465 e. The van der Waals surface area contributed by atoms with Gasteiger partial charge in [0.15, 0.2) is 0 Å². The predicted molar refractivity (Wildman–Crippen MR) is 76.2 cm³/mol. The minimum absolute atomic E-state index is 0.377. The van der Waals surface area contributed by atoms with Crippen molar-refractivity contribution in [3.8, 4) is 0 Å². The number of nitrogens with zero attached hydrogens (tertiary/aromatic N) is 1. The summed E-state index contributed by atoms with van der Waals surface area (Å²) in [5.41, 5.74) is 3.25. The normalized spacial score (nSPS) is 10.6. The number of rotatable bonds is 3. The average Bonchev–Trinajstić information content (AvgIpc) is 2.46. The molecule has 0 fully saturated rings. The van der Waals surface area contributed by atoms with E-state index >= 15 is 0 Å². The van der Waals surface area contributed by atoms with Crippen LogP contribution in [-0.4, -0.2) is 19.3 Å². The molecule has 19 heavy (non-hydrogen) atoms. The summed E-state index contributed by atoms with van der Waals surface area (Å²) in [7, 11) is 1.37. The van der Waals surface area contributed by atoms with Gasteiger partial charge in [0.25, 0.3) is 0 Å². The van der Waals surface area contributed by atoms with Crippen LogP contribution in [0.2, 0.25) is 0 Å². The molecule has 0 unspecified atom stereocenters. The number of carbonyl (C=O) groups is 1. The van der Waals surface area contributed by atoms with Crippen molar-refractivity contribution < 1.29 is 9.53 Å². The number of ether oxygens (including phenoxy) is 1. The summed E-state index contributed by atoms with van der Waals surface area (Å²) >= 11 is 0. The molecule has 0 spiro atoms. The van der Waals surface area contributed by atoms with Gasteiger partial charge in [-0.3, -0.25) is 4.99 Å². The van der Waals surface area contributed by atoms with E-state index in [1.165, 1.54) is 7.11 Å². The van der Waals surface area contributed by atoms with Crippen LogP contribution in [0.4, 0.5) is 5.69 Å². The molecule has 0 N–H and O–H groups in total. The molecule has 0 aliphatic heterocycles. The summed E-state index contributed by atoms with van der Waals surface area (Å²) in [5, 5.41) is 0. The zero-order valence-electron chi connectivity index (χ0n) is 11.0. The molecule has 0 saturated heterocycles. The van der Waals surface area contributed by atoms with Crippen LogP contribution in [0.15, 0.2) is 53.5 Å². The maximum Gasteiger partial charge on any atom is 0.340 e. The Labute approximate surface area is 112 Å². The van der Waals surface area contributed by atoms with Crippen LogP contribution < -0.4 is 0 Å². The van der Waals surface area contributed by atoms with Crippen molar-refractivity contribution in [2.24, 2.45) is 4.99 Å². The number of benzene rings is 2. The number of esters is 1. The Balaban J connectivity index is 2.34. The molecule has 96 valence electrons. The van der Waals surface area contributed by atoms with Crippen LogP contribution in [0.3, 0.4) is 0 Å². The van der Waals surface area contributed by atoms with Crippen molar-refractivity contribution in [2.45, 2.75) is 6.92 Å². The topological polar surface area (TPSA) is 38.7 Å². The third-order valence-electron chi connectivity index (χ3n) is 2.84. The molecule has 0 bridgehead atoms. The second-order valence-corrected chi connectivity index (χ2v) is 4.12. The van der Waals surface area contributed by atoms with Gasteiger partial charge in [-0.05, 0) is 30.2 Å². The van der Waals surface area contributed by atoms with E-state index in [0.29, 0.717) is 11.3 Å². The summed E-state index contributed by atoms with van der Waals surface area (Å²) in [4.78, 5) is 16.0. The number of carbonyl (C=O) groups excluding carboxylic acids is 1. The fourth-order valence-corrected chi connectivity index (χ4v) is 1.74. The number of aliphatic imine (C=N–C) groups is 1. The highest BCUT2D eigenvalue weighted by atomic mass is 16.5. The predicted octanol–water partition coefficient (Wildman–Crippen LogP) is 3.53. The molecule has 0 aromatic heterocycles. The SMILES string of the molecule is COC(=O)c1ccccc1N=Cc1ccccc1C. The Hall–Kier alpha value is -2.42. The van der Waals surface area contributed by atoms with Crippen LogP contribution in [0.5, 0.6) is 0 Å². The van der Waals surface area contributed by atoms with E-state index in [-0.39, 0.29) is 5.97 Å². The molecule has 0 aliphatic carbocycles. The molecule has 0 saturated carbocycles. The highest BCUT2D eigenvalue weighted by Gasteiger charge is 2.09. The Morgan fingerprint density at radius 3 is 2.53 bits per heavy atom. The Kier molecular flexibility index (Phi) is 4.08. The summed E-state index contributed by atoms with van der Waals surface area (Å²) in [6, 6.07) is 15.1. The molecule has 3 nitrogen and oxygen atoms in total. The van der Waals surface area contributed by atoms with Gasteiger partial charge in [-0.2, -0.15) is 0 Å². The van der Waals surface area contributed by atoms with Crippen molar-refractivity contribution in [3.63, 3.8) is 0 Å². The third kappa shape index (κ3) is 3.07. The van der Waals surface area contributed by atoms with Gasteiger partial charge in [0.05, 0.1) is 18.4 Å². The fourth-order valence-electron chi connectivity index (χ4n) is 1.74. The number of methoxy groups -OCH3 is 1. The zero-order valence-corrected chi connectivity index (χ0v) is 11.0. The first-order valence-corrected chi connectivity index (χ1v) is 5.99. The number of hydrogen-bond donors (Lipinski definition) is 0. The van der Waals surface area contributed by atoms with Crippen LogP contribution in [0.1, 0.15) is 21.5 Å². The van der Waals surface area contributed by atoms with Crippen LogP contribution in [0.25, 0.3) is 0 Å². The van der Waals surface area contributed by atoms with Gasteiger partial charge in [-0.25, -0.2) is 4.79 Å². The second-order valence-electron chi connectivity index (χ2n) is 4.12. The number of hydrogen-bond acceptors (Lipinski definition) is 3. The Morgan fingerprint density at radius 1 is 1.11 bits per heavy atom. The van der Waals surface area contributed by atoms with Crippen molar-refractivity contribution in [3.05, 3.63) is 65.2 Å². The first kappa shape index (κ1) is 13.0. The molecule has 0 amide bonds. The van der Waals surface area contributed by atoms with E-state index in [9.17, 15) is 4.79 Å².